The third-order valence-corrected chi connectivity index (χ3v) is 6.03. The fourth-order valence-corrected chi connectivity index (χ4v) is 4.11. The molecule has 0 aromatic heterocycles. The molecule has 2 fully saturated rings. The molecule has 106 valence electrons. The number of nitrogens with zero attached hydrogens (tertiary/aromatic N) is 1. The zero-order valence-electron chi connectivity index (χ0n) is 10.9. The van der Waals surface area contributed by atoms with Crippen LogP contribution in [-0.2, 0) is 10.0 Å². The van der Waals surface area contributed by atoms with Crippen LogP contribution in [0.3, 0.4) is 0 Å². The Morgan fingerprint density at radius 1 is 1.40 bits per heavy atom. The number of hydrogen-bond donors (Lipinski definition) is 1. The Bertz CT molecular complexity index is 686. The molecule has 4 nitrogen and oxygen atoms in total. The molecule has 3 rings (SSSR count). The fraction of sp³-hybridized carbons (Fsp3) is 0.500. The van der Waals surface area contributed by atoms with Crippen molar-refractivity contribution in [1.29, 1.82) is 5.26 Å². The van der Waals surface area contributed by atoms with Crippen molar-refractivity contribution in [1.82, 2.24) is 4.72 Å². The third kappa shape index (κ3) is 2.56. The fourth-order valence-electron chi connectivity index (χ4n) is 2.66. The van der Waals surface area contributed by atoms with Crippen LogP contribution in [0.15, 0.2) is 23.1 Å². The molecular formula is C14H15ClN2O2S. The first-order valence-corrected chi connectivity index (χ1v) is 8.52. The van der Waals surface area contributed by atoms with Gasteiger partial charge in [0.15, 0.2) is 0 Å². The van der Waals surface area contributed by atoms with Gasteiger partial charge >= 0.3 is 0 Å². The van der Waals surface area contributed by atoms with Crippen LogP contribution in [0.1, 0.15) is 31.2 Å². The van der Waals surface area contributed by atoms with Gasteiger partial charge in [-0.3, -0.25) is 0 Å². The second-order valence-electron chi connectivity index (χ2n) is 5.71. The molecule has 0 heterocycles. The molecular weight excluding hydrogens is 296 g/mol. The summed E-state index contributed by atoms with van der Waals surface area (Å²) < 4.78 is 27.2. The van der Waals surface area contributed by atoms with E-state index < -0.39 is 10.0 Å². The lowest BCUT2D eigenvalue weighted by molar-refractivity contribution is 0.432. The average molecular weight is 311 g/mol. The predicted octanol–water partition coefficient (Wildman–Crippen LogP) is 2.68. The lowest BCUT2D eigenvalue weighted by atomic mass is 10.0. The van der Waals surface area contributed by atoms with Gasteiger partial charge in [0.1, 0.15) is 6.07 Å². The van der Waals surface area contributed by atoms with Crippen molar-refractivity contribution < 1.29 is 8.42 Å². The molecule has 2 saturated carbocycles. The summed E-state index contributed by atoms with van der Waals surface area (Å²) in [6.45, 7) is 0.512. The molecule has 1 aromatic carbocycles. The summed E-state index contributed by atoms with van der Waals surface area (Å²) in [5.41, 5.74) is 0.492. The van der Waals surface area contributed by atoms with Crippen LogP contribution >= 0.6 is 11.6 Å². The molecule has 0 atom stereocenters. The van der Waals surface area contributed by atoms with Crippen LogP contribution in [-0.4, -0.2) is 15.0 Å². The summed E-state index contributed by atoms with van der Waals surface area (Å²) in [5.74, 6) is 0.703. The van der Waals surface area contributed by atoms with Crippen molar-refractivity contribution in [2.75, 3.05) is 6.54 Å². The van der Waals surface area contributed by atoms with E-state index in [0.29, 0.717) is 12.5 Å². The number of halogens is 1. The normalized spacial score (nSPS) is 20.4. The minimum atomic E-state index is -3.55. The van der Waals surface area contributed by atoms with E-state index in [1.165, 1.54) is 31.0 Å². The van der Waals surface area contributed by atoms with Crippen molar-refractivity contribution in [3.63, 3.8) is 0 Å². The van der Waals surface area contributed by atoms with Gasteiger partial charge in [-0.05, 0) is 55.2 Å². The molecule has 0 aliphatic heterocycles. The van der Waals surface area contributed by atoms with Crippen molar-refractivity contribution in [2.24, 2.45) is 11.3 Å². The largest absolute Gasteiger partial charge is 0.240 e. The molecule has 6 heteroatoms. The summed E-state index contributed by atoms with van der Waals surface area (Å²) in [6, 6.07) is 6.10. The van der Waals surface area contributed by atoms with E-state index in [4.69, 9.17) is 16.9 Å². The number of nitrogens with one attached hydrogen (secondary N) is 1. The van der Waals surface area contributed by atoms with Gasteiger partial charge in [0.05, 0.1) is 15.5 Å². The van der Waals surface area contributed by atoms with Crippen LogP contribution in [0, 0.1) is 22.7 Å². The van der Waals surface area contributed by atoms with Crippen LogP contribution in [0.5, 0.6) is 0 Å². The van der Waals surface area contributed by atoms with E-state index in [2.05, 4.69) is 4.72 Å². The molecule has 2 aliphatic carbocycles. The van der Waals surface area contributed by atoms with E-state index in [9.17, 15) is 8.42 Å². The minimum Gasteiger partial charge on any atom is -0.211 e. The molecule has 1 N–H and O–H groups in total. The molecule has 20 heavy (non-hydrogen) atoms. The lowest BCUT2D eigenvalue weighted by Gasteiger charge is -2.15. The number of benzene rings is 1. The van der Waals surface area contributed by atoms with Gasteiger partial charge in [0.2, 0.25) is 10.0 Å². The molecule has 1 aromatic rings. The highest BCUT2D eigenvalue weighted by atomic mass is 35.5. The second kappa shape index (κ2) is 4.73. The third-order valence-electron chi connectivity index (χ3n) is 4.32. The van der Waals surface area contributed by atoms with E-state index in [1.807, 2.05) is 6.07 Å². The Balaban J connectivity index is 1.75. The van der Waals surface area contributed by atoms with Crippen molar-refractivity contribution in [2.45, 2.75) is 30.6 Å². The van der Waals surface area contributed by atoms with Gasteiger partial charge in [-0.15, -0.1) is 0 Å². The first kappa shape index (κ1) is 13.9. The van der Waals surface area contributed by atoms with Gasteiger partial charge < -0.3 is 0 Å². The maximum absolute atomic E-state index is 12.2. The molecule has 0 bridgehead atoms. The standard InChI is InChI=1S/C14H15ClN2O2S/c15-13-7-12(4-1-10(13)8-16)20(18,19)17-9-14(5-6-14)11-2-3-11/h1,4,7,11,17H,2-3,5-6,9H2. The highest BCUT2D eigenvalue weighted by molar-refractivity contribution is 7.89. The maximum atomic E-state index is 12.2. The smallest absolute Gasteiger partial charge is 0.211 e. The van der Waals surface area contributed by atoms with Crippen molar-refractivity contribution in [3.05, 3.63) is 28.8 Å². The number of nitriles is 1. The summed E-state index contributed by atoms with van der Waals surface area (Å²) in [6.07, 6.45) is 4.69. The van der Waals surface area contributed by atoms with Crippen LogP contribution < -0.4 is 4.72 Å². The van der Waals surface area contributed by atoms with Gasteiger partial charge in [-0.25, -0.2) is 13.1 Å². The zero-order valence-corrected chi connectivity index (χ0v) is 12.5. The van der Waals surface area contributed by atoms with Crippen LogP contribution in [0.2, 0.25) is 5.02 Å². The predicted molar refractivity (Wildman–Crippen MR) is 75.7 cm³/mol. The Kier molecular flexibility index (Phi) is 3.28. The first-order valence-electron chi connectivity index (χ1n) is 6.66. The lowest BCUT2D eigenvalue weighted by Crippen LogP contribution is -2.31. The summed E-state index contributed by atoms with van der Waals surface area (Å²) in [5, 5.41) is 8.96. The molecule has 0 radical (unpaired) electrons. The van der Waals surface area contributed by atoms with Crippen molar-refractivity contribution in [3.8, 4) is 6.07 Å². The Morgan fingerprint density at radius 2 is 2.10 bits per heavy atom. The quantitative estimate of drug-likeness (QED) is 0.909. The average Bonchev–Trinajstić information content (AvgIpc) is 3.28. The second-order valence-corrected chi connectivity index (χ2v) is 7.89. The van der Waals surface area contributed by atoms with E-state index in [1.54, 1.807) is 0 Å². The Hall–Kier alpha value is -1.09. The van der Waals surface area contributed by atoms with Crippen molar-refractivity contribution >= 4 is 21.6 Å². The molecule has 2 aliphatic rings. The van der Waals surface area contributed by atoms with E-state index in [0.717, 1.165) is 12.8 Å². The molecule has 0 unspecified atom stereocenters. The van der Waals surface area contributed by atoms with Gasteiger partial charge in [-0.1, -0.05) is 11.6 Å². The van der Waals surface area contributed by atoms with E-state index >= 15 is 0 Å². The highest BCUT2D eigenvalue weighted by Crippen LogP contribution is 2.60. The first-order chi connectivity index (χ1) is 9.47. The van der Waals surface area contributed by atoms with Crippen LogP contribution in [0.25, 0.3) is 0 Å². The topological polar surface area (TPSA) is 70.0 Å². The van der Waals surface area contributed by atoms with Gasteiger partial charge in [0, 0.05) is 6.54 Å². The number of hydrogen-bond acceptors (Lipinski definition) is 3. The van der Waals surface area contributed by atoms with Gasteiger partial charge in [0.25, 0.3) is 0 Å². The molecule has 0 saturated heterocycles. The molecule has 0 amide bonds. The van der Waals surface area contributed by atoms with Gasteiger partial charge in [-0.2, -0.15) is 5.26 Å². The summed E-state index contributed by atoms with van der Waals surface area (Å²) in [7, 11) is -3.55. The Morgan fingerprint density at radius 3 is 2.60 bits per heavy atom. The maximum Gasteiger partial charge on any atom is 0.240 e. The number of rotatable bonds is 5. The molecule has 0 spiro atoms. The zero-order chi connectivity index (χ0) is 14.4. The minimum absolute atomic E-state index is 0.119. The Labute approximate surface area is 123 Å². The monoisotopic (exact) mass is 310 g/mol. The summed E-state index contributed by atoms with van der Waals surface area (Å²) >= 11 is 5.88. The van der Waals surface area contributed by atoms with Crippen LogP contribution in [0.4, 0.5) is 0 Å². The SMILES string of the molecule is N#Cc1ccc(S(=O)(=O)NCC2(C3CC3)CC2)cc1Cl. The highest BCUT2D eigenvalue weighted by Gasteiger charge is 2.53. The number of sulfonamides is 1. The van der Waals surface area contributed by atoms with E-state index in [-0.39, 0.29) is 20.9 Å². The summed E-state index contributed by atoms with van der Waals surface area (Å²) in [4.78, 5) is 0.119.